The van der Waals surface area contributed by atoms with Gasteiger partial charge in [0, 0.05) is 25.4 Å². The van der Waals surface area contributed by atoms with Gasteiger partial charge in [0.1, 0.15) is 0 Å². The second-order valence-electron chi connectivity index (χ2n) is 2.47. The second-order valence-corrected chi connectivity index (χ2v) is 2.47. The van der Waals surface area contributed by atoms with Crippen LogP contribution in [0.1, 0.15) is 13.8 Å². The highest BCUT2D eigenvalue weighted by Crippen LogP contribution is 1.77. The number of rotatable bonds is 2. The maximum Gasteiger partial charge on any atom is 0.330 e. The molecule has 0 spiro atoms. The summed E-state index contributed by atoms with van der Waals surface area (Å²) in [6.07, 6.45) is 1.52. The van der Waals surface area contributed by atoms with E-state index < -0.39 is 0 Å². The third-order valence-corrected chi connectivity index (χ3v) is 1.80. The molecule has 0 bridgehead atoms. The number of hydrogen-bond donors (Lipinski definition) is 0. The molecule has 66 valence electrons. The predicted octanol–water partition coefficient (Wildman–Crippen LogP) is 0.0498. The van der Waals surface area contributed by atoms with Crippen molar-refractivity contribution in [3.63, 3.8) is 0 Å². The first kappa shape index (κ1) is 8.77. The van der Waals surface area contributed by atoms with Crippen molar-refractivity contribution in [1.82, 2.24) is 9.13 Å². The van der Waals surface area contributed by atoms with Crippen LogP contribution in [0.5, 0.6) is 0 Å². The molecule has 0 saturated heterocycles. The van der Waals surface area contributed by atoms with Gasteiger partial charge in [-0.2, -0.15) is 0 Å². The third-order valence-electron chi connectivity index (χ3n) is 1.80. The molecule has 0 aromatic carbocycles. The van der Waals surface area contributed by atoms with E-state index in [1.165, 1.54) is 21.4 Å². The van der Waals surface area contributed by atoms with Gasteiger partial charge in [-0.25, -0.2) is 4.79 Å². The minimum absolute atomic E-state index is 0.229. The fourth-order valence-electron chi connectivity index (χ4n) is 1.09. The van der Waals surface area contributed by atoms with Gasteiger partial charge >= 0.3 is 5.69 Å². The van der Waals surface area contributed by atoms with E-state index >= 15 is 0 Å². The monoisotopic (exact) mass is 168 g/mol. The molecule has 1 rings (SSSR count). The molecule has 0 aliphatic carbocycles. The van der Waals surface area contributed by atoms with Crippen LogP contribution in [0.3, 0.4) is 0 Å². The van der Waals surface area contributed by atoms with E-state index in [1.807, 2.05) is 6.92 Å². The van der Waals surface area contributed by atoms with Crippen LogP contribution < -0.4 is 11.2 Å². The Morgan fingerprint density at radius 1 is 1.25 bits per heavy atom. The van der Waals surface area contributed by atoms with Crippen LogP contribution in [-0.4, -0.2) is 9.13 Å². The van der Waals surface area contributed by atoms with Crippen molar-refractivity contribution in [2.75, 3.05) is 0 Å². The minimum atomic E-state index is -0.229. The minimum Gasteiger partial charge on any atom is -0.301 e. The zero-order valence-corrected chi connectivity index (χ0v) is 7.28. The summed E-state index contributed by atoms with van der Waals surface area (Å²) in [5.41, 5.74) is -0.459. The van der Waals surface area contributed by atoms with Crippen LogP contribution in [0.15, 0.2) is 21.9 Å². The fourth-order valence-corrected chi connectivity index (χ4v) is 1.09. The molecule has 1 aromatic heterocycles. The maximum absolute atomic E-state index is 11.4. The van der Waals surface area contributed by atoms with Crippen LogP contribution in [0.25, 0.3) is 0 Å². The highest BCUT2D eigenvalue weighted by Gasteiger charge is 1.99. The summed E-state index contributed by atoms with van der Waals surface area (Å²) in [5.74, 6) is 0. The van der Waals surface area contributed by atoms with Crippen molar-refractivity contribution in [1.29, 1.82) is 0 Å². The largest absolute Gasteiger partial charge is 0.330 e. The van der Waals surface area contributed by atoms with E-state index in [0.717, 1.165) is 0 Å². The summed E-state index contributed by atoms with van der Waals surface area (Å²) in [6.45, 7) is 4.67. The Labute approximate surface area is 70.1 Å². The molecule has 0 aliphatic rings. The van der Waals surface area contributed by atoms with Crippen molar-refractivity contribution in [3.8, 4) is 0 Å². The first-order valence-electron chi connectivity index (χ1n) is 4.01. The van der Waals surface area contributed by atoms with Gasteiger partial charge in [0.2, 0.25) is 0 Å². The molecule has 4 nitrogen and oxygen atoms in total. The van der Waals surface area contributed by atoms with Crippen LogP contribution in [-0.2, 0) is 13.1 Å². The molecule has 0 amide bonds. The number of hydrogen-bond acceptors (Lipinski definition) is 2. The predicted molar refractivity (Wildman–Crippen MR) is 46.3 cm³/mol. The molecule has 0 N–H and O–H groups in total. The summed E-state index contributed by atoms with van der Waals surface area (Å²) in [4.78, 5) is 22.5. The van der Waals surface area contributed by atoms with Gasteiger partial charge in [0.25, 0.3) is 5.56 Å². The lowest BCUT2D eigenvalue weighted by Crippen LogP contribution is -2.38. The molecule has 12 heavy (non-hydrogen) atoms. The van der Waals surface area contributed by atoms with E-state index in [0.29, 0.717) is 13.1 Å². The molecule has 4 heteroatoms. The molecule has 0 atom stereocenters. The van der Waals surface area contributed by atoms with Crippen molar-refractivity contribution >= 4 is 0 Å². The van der Waals surface area contributed by atoms with Gasteiger partial charge in [-0.1, -0.05) is 0 Å². The Bertz CT molecular complexity index is 375. The molecule has 0 radical (unpaired) electrons. The van der Waals surface area contributed by atoms with Crippen molar-refractivity contribution in [2.45, 2.75) is 26.9 Å². The van der Waals surface area contributed by atoms with Gasteiger partial charge < -0.3 is 4.57 Å². The lowest BCUT2D eigenvalue weighted by Gasteiger charge is -2.04. The molecule has 1 heterocycles. The summed E-state index contributed by atoms with van der Waals surface area (Å²) in [7, 11) is 0. The van der Waals surface area contributed by atoms with Gasteiger partial charge in [-0.05, 0) is 13.8 Å². The fraction of sp³-hybridized carbons (Fsp3) is 0.500. The lowest BCUT2D eigenvalue weighted by molar-refractivity contribution is 0.587. The summed E-state index contributed by atoms with van der Waals surface area (Å²) >= 11 is 0. The Morgan fingerprint density at radius 3 is 2.42 bits per heavy atom. The molecule has 0 fully saturated rings. The summed E-state index contributed by atoms with van der Waals surface area (Å²) in [6, 6.07) is 1.41. The molecule has 1 aromatic rings. The Hall–Kier alpha value is -1.32. The van der Waals surface area contributed by atoms with E-state index in [4.69, 9.17) is 0 Å². The Kier molecular flexibility index (Phi) is 2.47. The smallest absolute Gasteiger partial charge is 0.301 e. The van der Waals surface area contributed by atoms with E-state index in [2.05, 4.69) is 0 Å². The van der Waals surface area contributed by atoms with E-state index in [1.54, 1.807) is 6.92 Å². The topological polar surface area (TPSA) is 44.0 Å². The van der Waals surface area contributed by atoms with Crippen LogP contribution >= 0.6 is 0 Å². The van der Waals surface area contributed by atoms with Crippen LogP contribution in [0.4, 0.5) is 0 Å². The average Bonchev–Trinajstić information content (AvgIpc) is 2.06. The lowest BCUT2D eigenvalue weighted by atomic mass is 10.5. The third kappa shape index (κ3) is 1.32. The summed E-state index contributed by atoms with van der Waals surface area (Å²) < 4.78 is 2.72. The Balaban J connectivity index is 3.45. The molecule has 0 aliphatic heterocycles. The molecular formula is C8H12N2O2. The van der Waals surface area contributed by atoms with E-state index in [9.17, 15) is 9.59 Å². The van der Waals surface area contributed by atoms with Gasteiger partial charge in [0.05, 0.1) is 0 Å². The van der Waals surface area contributed by atoms with Gasteiger partial charge in [-0.15, -0.1) is 0 Å². The molecule has 0 unspecified atom stereocenters. The standard InChI is InChI=1S/C8H12N2O2/c1-3-9-6-5-7(11)10(4-2)8(9)12/h5-6H,3-4H2,1-2H3. The normalized spacial score (nSPS) is 10.2. The molecule has 0 saturated carbocycles. The van der Waals surface area contributed by atoms with E-state index in [-0.39, 0.29) is 11.2 Å². The first-order chi connectivity index (χ1) is 5.70. The number of aryl methyl sites for hydroxylation is 1. The van der Waals surface area contributed by atoms with Crippen LogP contribution in [0, 0.1) is 0 Å². The first-order valence-corrected chi connectivity index (χ1v) is 4.01. The summed E-state index contributed by atoms with van der Waals surface area (Å²) in [5, 5.41) is 0. The van der Waals surface area contributed by atoms with Crippen molar-refractivity contribution < 1.29 is 0 Å². The zero-order valence-electron chi connectivity index (χ0n) is 7.28. The highest BCUT2D eigenvalue weighted by atomic mass is 16.2. The van der Waals surface area contributed by atoms with Crippen molar-refractivity contribution in [3.05, 3.63) is 33.1 Å². The highest BCUT2D eigenvalue weighted by molar-refractivity contribution is 4.85. The SMILES string of the molecule is CCn1ccc(=O)n(CC)c1=O. The van der Waals surface area contributed by atoms with Gasteiger partial charge in [0.15, 0.2) is 0 Å². The maximum atomic E-state index is 11.4. The number of aromatic nitrogens is 2. The number of nitrogens with zero attached hydrogens (tertiary/aromatic N) is 2. The second kappa shape index (κ2) is 3.38. The van der Waals surface area contributed by atoms with Gasteiger partial charge in [-0.3, -0.25) is 9.36 Å². The van der Waals surface area contributed by atoms with Crippen molar-refractivity contribution in [2.24, 2.45) is 0 Å². The average molecular weight is 168 g/mol. The zero-order chi connectivity index (χ0) is 9.14. The quantitative estimate of drug-likeness (QED) is 0.626. The van der Waals surface area contributed by atoms with Crippen LogP contribution in [0.2, 0.25) is 0 Å². The molecular weight excluding hydrogens is 156 g/mol. The Morgan fingerprint density at radius 2 is 1.92 bits per heavy atom.